The molecule has 20 heavy (non-hydrogen) atoms. The van der Waals surface area contributed by atoms with Crippen molar-refractivity contribution in [2.75, 3.05) is 5.32 Å². The number of nitrogens with one attached hydrogen (secondary N) is 2. The van der Waals surface area contributed by atoms with Crippen LogP contribution in [0.25, 0.3) is 0 Å². The summed E-state index contributed by atoms with van der Waals surface area (Å²) >= 11 is 9.12. The molecule has 0 aliphatic carbocycles. The molecule has 7 heteroatoms. The van der Waals surface area contributed by atoms with Crippen molar-refractivity contribution in [3.05, 3.63) is 50.7 Å². The minimum Gasteiger partial charge on any atom is -0.477 e. The number of hydrogen-bond donors (Lipinski definition) is 3. The highest BCUT2D eigenvalue weighted by molar-refractivity contribution is 9.10. The van der Waals surface area contributed by atoms with E-state index in [1.165, 1.54) is 6.07 Å². The number of aryl methyl sites for hydroxylation is 1. The van der Waals surface area contributed by atoms with Gasteiger partial charge in [-0.25, -0.2) is 4.79 Å². The molecule has 0 saturated carbocycles. The van der Waals surface area contributed by atoms with Crippen molar-refractivity contribution in [2.45, 2.75) is 6.92 Å². The van der Waals surface area contributed by atoms with Crippen molar-refractivity contribution in [2.24, 2.45) is 0 Å². The highest BCUT2D eigenvalue weighted by atomic mass is 79.9. The highest BCUT2D eigenvalue weighted by Gasteiger charge is 2.16. The lowest BCUT2D eigenvalue weighted by Crippen LogP contribution is -2.14. The molecule has 1 aromatic carbocycles. The lowest BCUT2D eigenvalue weighted by Gasteiger charge is -2.05. The Labute approximate surface area is 128 Å². The number of aromatic amines is 1. The number of amides is 1. The van der Waals surface area contributed by atoms with Gasteiger partial charge in [0, 0.05) is 20.8 Å². The second kappa shape index (κ2) is 5.68. The summed E-state index contributed by atoms with van der Waals surface area (Å²) in [6.07, 6.45) is 0. The van der Waals surface area contributed by atoms with Gasteiger partial charge in [0.2, 0.25) is 0 Å². The number of rotatable bonds is 3. The summed E-state index contributed by atoms with van der Waals surface area (Å²) in [6.45, 7) is 1.71. The molecule has 0 unspecified atom stereocenters. The third-order valence-electron chi connectivity index (χ3n) is 2.54. The first-order valence-corrected chi connectivity index (χ1v) is 6.74. The summed E-state index contributed by atoms with van der Waals surface area (Å²) < 4.78 is 0.666. The first-order chi connectivity index (χ1) is 9.36. The molecule has 104 valence electrons. The Morgan fingerprint density at radius 2 is 2.00 bits per heavy atom. The number of carboxylic acid groups (broad SMARTS) is 1. The molecule has 5 nitrogen and oxygen atoms in total. The zero-order valence-electron chi connectivity index (χ0n) is 10.3. The maximum absolute atomic E-state index is 12.1. The van der Waals surface area contributed by atoms with Crippen molar-refractivity contribution in [3.8, 4) is 0 Å². The van der Waals surface area contributed by atoms with Crippen molar-refractivity contribution in [3.63, 3.8) is 0 Å². The predicted octanol–water partition coefficient (Wildman–Crippen LogP) is 3.69. The number of hydrogen-bond acceptors (Lipinski definition) is 2. The molecule has 0 radical (unpaired) electrons. The highest BCUT2D eigenvalue weighted by Crippen LogP contribution is 2.22. The summed E-state index contributed by atoms with van der Waals surface area (Å²) in [5, 5.41) is 12.0. The standard InChI is InChI=1S/C13H10BrClN2O3/c1-6-2-10(11(16-6)13(19)20)17-12(18)7-3-8(14)5-9(15)4-7/h2-5,16H,1H3,(H,17,18)(H,19,20). The predicted molar refractivity (Wildman–Crippen MR) is 79.6 cm³/mol. The number of aromatic carboxylic acids is 1. The molecular formula is C13H10BrClN2O3. The molecule has 0 fully saturated rings. The van der Waals surface area contributed by atoms with E-state index in [1.807, 2.05) is 0 Å². The lowest BCUT2D eigenvalue weighted by molar-refractivity contribution is 0.0692. The van der Waals surface area contributed by atoms with E-state index in [4.69, 9.17) is 16.7 Å². The molecule has 1 amide bonds. The van der Waals surface area contributed by atoms with Crippen LogP contribution >= 0.6 is 27.5 Å². The van der Waals surface area contributed by atoms with Crippen molar-refractivity contribution in [1.82, 2.24) is 4.98 Å². The number of H-pyrrole nitrogens is 1. The number of carbonyl (C=O) groups excluding carboxylic acids is 1. The van der Waals surface area contributed by atoms with E-state index in [-0.39, 0.29) is 11.4 Å². The van der Waals surface area contributed by atoms with E-state index in [1.54, 1.807) is 25.1 Å². The number of carboxylic acids is 1. The maximum atomic E-state index is 12.1. The van der Waals surface area contributed by atoms with Crippen LogP contribution in [-0.2, 0) is 0 Å². The van der Waals surface area contributed by atoms with E-state index in [9.17, 15) is 9.59 Å². The van der Waals surface area contributed by atoms with Gasteiger partial charge in [-0.1, -0.05) is 27.5 Å². The second-order valence-electron chi connectivity index (χ2n) is 4.16. The molecule has 0 aliphatic heterocycles. The van der Waals surface area contributed by atoms with Crippen molar-refractivity contribution >= 4 is 45.1 Å². The van der Waals surface area contributed by atoms with Gasteiger partial charge in [0.05, 0.1) is 5.69 Å². The molecular weight excluding hydrogens is 348 g/mol. The SMILES string of the molecule is Cc1cc(NC(=O)c2cc(Cl)cc(Br)c2)c(C(=O)O)[nH]1. The first kappa shape index (κ1) is 14.6. The van der Waals surface area contributed by atoms with E-state index < -0.39 is 11.9 Å². The van der Waals surface area contributed by atoms with Crippen LogP contribution in [0.1, 0.15) is 26.5 Å². The fourth-order valence-electron chi connectivity index (χ4n) is 1.74. The van der Waals surface area contributed by atoms with Gasteiger partial charge in [-0.3, -0.25) is 4.79 Å². The van der Waals surface area contributed by atoms with Crippen LogP contribution in [0.2, 0.25) is 5.02 Å². The zero-order valence-corrected chi connectivity index (χ0v) is 12.7. The van der Waals surface area contributed by atoms with Crippen LogP contribution in [0.5, 0.6) is 0 Å². The molecule has 2 rings (SSSR count). The Hall–Kier alpha value is -1.79. The molecule has 0 atom stereocenters. The number of carbonyl (C=O) groups is 2. The minimum atomic E-state index is -1.14. The van der Waals surface area contributed by atoms with Crippen LogP contribution in [0.3, 0.4) is 0 Å². The average molecular weight is 358 g/mol. The van der Waals surface area contributed by atoms with Crippen molar-refractivity contribution in [1.29, 1.82) is 0 Å². The fraction of sp³-hybridized carbons (Fsp3) is 0.0769. The van der Waals surface area contributed by atoms with Gasteiger partial charge in [-0.15, -0.1) is 0 Å². The Kier molecular flexibility index (Phi) is 4.15. The summed E-state index contributed by atoms with van der Waals surface area (Å²) in [5.74, 6) is -1.57. The number of anilines is 1. The zero-order chi connectivity index (χ0) is 14.9. The summed E-state index contributed by atoms with van der Waals surface area (Å²) in [4.78, 5) is 25.8. The molecule has 2 aromatic rings. The molecule has 3 N–H and O–H groups in total. The van der Waals surface area contributed by atoms with Crippen molar-refractivity contribution < 1.29 is 14.7 Å². The number of halogens is 2. The molecule has 1 aromatic heterocycles. The third-order valence-corrected chi connectivity index (χ3v) is 3.22. The van der Waals surface area contributed by atoms with Gasteiger partial charge >= 0.3 is 5.97 Å². The van der Waals surface area contributed by atoms with Crippen LogP contribution < -0.4 is 5.32 Å². The van der Waals surface area contributed by atoms with Gasteiger partial charge < -0.3 is 15.4 Å². The van der Waals surface area contributed by atoms with E-state index >= 15 is 0 Å². The molecule has 1 heterocycles. The maximum Gasteiger partial charge on any atom is 0.354 e. The van der Waals surface area contributed by atoms with E-state index in [0.29, 0.717) is 20.8 Å². The summed E-state index contributed by atoms with van der Waals surface area (Å²) in [6, 6.07) is 6.31. The van der Waals surface area contributed by atoms with Gasteiger partial charge in [-0.2, -0.15) is 0 Å². The Morgan fingerprint density at radius 1 is 1.30 bits per heavy atom. The minimum absolute atomic E-state index is 0.0584. The topological polar surface area (TPSA) is 82.2 Å². The Balaban J connectivity index is 2.30. The van der Waals surface area contributed by atoms with Gasteiger partial charge in [0.25, 0.3) is 5.91 Å². The fourth-order valence-corrected chi connectivity index (χ4v) is 2.60. The molecule has 0 aliphatic rings. The normalized spacial score (nSPS) is 10.3. The van der Waals surface area contributed by atoms with Crippen LogP contribution in [0, 0.1) is 6.92 Å². The average Bonchev–Trinajstić information content (AvgIpc) is 2.69. The van der Waals surface area contributed by atoms with Gasteiger partial charge in [-0.05, 0) is 31.2 Å². The third kappa shape index (κ3) is 3.20. The summed E-state index contributed by atoms with van der Waals surface area (Å²) in [5.41, 5.74) is 1.14. The van der Waals surface area contributed by atoms with Gasteiger partial charge in [0.1, 0.15) is 5.69 Å². The monoisotopic (exact) mass is 356 g/mol. The van der Waals surface area contributed by atoms with Gasteiger partial charge in [0.15, 0.2) is 0 Å². The smallest absolute Gasteiger partial charge is 0.354 e. The largest absolute Gasteiger partial charge is 0.477 e. The Bertz CT molecular complexity index is 677. The molecule has 0 saturated heterocycles. The Morgan fingerprint density at radius 3 is 2.60 bits per heavy atom. The van der Waals surface area contributed by atoms with Crippen LogP contribution in [0.15, 0.2) is 28.7 Å². The van der Waals surface area contributed by atoms with Crippen LogP contribution in [-0.4, -0.2) is 22.0 Å². The number of aromatic nitrogens is 1. The molecule has 0 bridgehead atoms. The summed E-state index contributed by atoms with van der Waals surface area (Å²) in [7, 11) is 0. The second-order valence-corrected chi connectivity index (χ2v) is 5.51. The van der Waals surface area contributed by atoms with Crippen LogP contribution in [0.4, 0.5) is 5.69 Å². The number of benzene rings is 1. The van der Waals surface area contributed by atoms with E-state index in [2.05, 4.69) is 26.2 Å². The quantitative estimate of drug-likeness (QED) is 0.783. The lowest BCUT2D eigenvalue weighted by atomic mass is 10.2. The molecule has 0 spiro atoms. The van der Waals surface area contributed by atoms with E-state index in [0.717, 1.165) is 0 Å². The first-order valence-electron chi connectivity index (χ1n) is 5.57.